The minimum Gasteiger partial charge on any atom is -0.367 e. The van der Waals surface area contributed by atoms with E-state index in [0.29, 0.717) is 6.04 Å². The Labute approximate surface area is 95.9 Å². The van der Waals surface area contributed by atoms with E-state index < -0.39 is 0 Å². The summed E-state index contributed by atoms with van der Waals surface area (Å²) in [5.41, 5.74) is 2.50. The molecule has 0 bridgehead atoms. The highest BCUT2D eigenvalue weighted by Gasteiger charge is 2.19. The average Bonchev–Trinajstić information content (AvgIpc) is 2.82. The van der Waals surface area contributed by atoms with Crippen LogP contribution in [0.5, 0.6) is 0 Å². The summed E-state index contributed by atoms with van der Waals surface area (Å²) in [4.78, 5) is 8.75. The number of hydrogen-bond donors (Lipinski definition) is 2. The molecule has 1 aromatic rings. The van der Waals surface area contributed by atoms with Gasteiger partial charge < -0.3 is 10.6 Å². The van der Waals surface area contributed by atoms with Gasteiger partial charge in [-0.05, 0) is 25.8 Å². The van der Waals surface area contributed by atoms with Gasteiger partial charge in [0.25, 0.3) is 0 Å². The molecule has 2 N–H and O–H groups in total. The molecule has 0 radical (unpaired) electrons. The van der Waals surface area contributed by atoms with E-state index in [9.17, 15) is 0 Å². The molecular weight excluding hydrogens is 200 g/mol. The van der Waals surface area contributed by atoms with Gasteiger partial charge in [0.2, 0.25) is 0 Å². The molecule has 0 amide bonds. The molecule has 1 fully saturated rings. The molecule has 0 aromatic carbocycles. The van der Waals surface area contributed by atoms with Crippen LogP contribution < -0.4 is 10.6 Å². The van der Waals surface area contributed by atoms with Gasteiger partial charge in [0, 0.05) is 18.2 Å². The Bertz CT molecular complexity index is 371. The zero-order chi connectivity index (χ0) is 10.8. The van der Waals surface area contributed by atoms with Crippen molar-refractivity contribution < 1.29 is 0 Å². The van der Waals surface area contributed by atoms with Crippen LogP contribution in [-0.2, 0) is 13.0 Å². The lowest BCUT2D eigenvalue weighted by Gasteiger charge is -2.21. The van der Waals surface area contributed by atoms with E-state index in [2.05, 4.69) is 20.6 Å². The smallest absolute Gasteiger partial charge is 0.133 e. The van der Waals surface area contributed by atoms with Crippen LogP contribution in [0.25, 0.3) is 0 Å². The lowest BCUT2D eigenvalue weighted by molar-refractivity contribution is 0.621. The zero-order valence-corrected chi connectivity index (χ0v) is 9.50. The van der Waals surface area contributed by atoms with Crippen LogP contribution >= 0.6 is 0 Å². The quantitative estimate of drug-likeness (QED) is 0.789. The van der Waals surface area contributed by atoms with Gasteiger partial charge in [0.1, 0.15) is 12.1 Å². The van der Waals surface area contributed by atoms with Crippen LogP contribution in [0.1, 0.15) is 36.9 Å². The van der Waals surface area contributed by atoms with Crippen LogP contribution in [-0.4, -0.2) is 22.6 Å². The van der Waals surface area contributed by atoms with Crippen molar-refractivity contribution in [3.8, 4) is 0 Å². The Morgan fingerprint density at radius 3 is 3.00 bits per heavy atom. The third-order valence-corrected chi connectivity index (χ3v) is 3.57. The van der Waals surface area contributed by atoms with E-state index in [4.69, 9.17) is 0 Å². The van der Waals surface area contributed by atoms with Crippen LogP contribution in [0.2, 0.25) is 0 Å². The molecule has 1 aromatic heterocycles. The Morgan fingerprint density at radius 2 is 2.12 bits per heavy atom. The predicted octanol–water partition coefficient (Wildman–Crippen LogP) is 1.48. The molecule has 0 unspecified atom stereocenters. The maximum atomic E-state index is 4.41. The summed E-state index contributed by atoms with van der Waals surface area (Å²) >= 11 is 0. The first kappa shape index (κ1) is 10.0. The molecule has 0 atom stereocenters. The van der Waals surface area contributed by atoms with Crippen LogP contribution in [0.3, 0.4) is 0 Å². The fraction of sp³-hybridized carbons (Fsp3) is 0.667. The van der Waals surface area contributed by atoms with E-state index in [1.165, 1.54) is 36.9 Å². The highest BCUT2D eigenvalue weighted by molar-refractivity contribution is 5.47. The van der Waals surface area contributed by atoms with Gasteiger partial charge in [0.15, 0.2) is 0 Å². The summed E-state index contributed by atoms with van der Waals surface area (Å²) in [6, 6.07) is 0.633. The van der Waals surface area contributed by atoms with Gasteiger partial charge in [0.05, 0.1) is 5.69 Å². The topological polar surface area (TPSA) is 49.8 Å². The Kier molecular flexibility index (Phi) is 2.74. The van der Waals surface area contributed by atoms with E-state index in [-0.39, 0.29) is 0 Å². The van der Waals surface area contributed by atoms with Gasteiger partial charge in [-0.15, -0.1) is 0 Å². The molecule has 3 rings (SSSR count). The number of fused-ring (bicyclic) bond motifs is 1. The fourth-order valence-corrected chi connectivity index (χ4v) is 2.67. The molecule has 1 saturated carbocycles. The highest BCUT2D eigenvalue weighted by atomic mass is 15.1. The van der Waals surface area contributed by atoms with Crippen molar-refractivity contribution in [2.24, 2.45) is 0 Å². The van der Waals surface area contributed by atoms with Crippen molar-refractivity contribution in [2.75, 3.05) is 11.9 Å². The molecule has 2 heterocycles. The summed E-state index contributed by atoms with van der Waals surface area (Å²) in [5.74, 6) is 1.08. The van der Waals surface area contributed by atoms with E-state index >= 15 is 0 Å². The van der Waals surface area contributed by atoms with Gasteiger partial charge in [-0.3, -0.25) is 0 Å². The minimum atomic E-state index is 0.633. The summed E-state index contributed by atoms with van der Waals surface area (Å²) in [5, 5.41) is 6.93. The van der Waals surface area contributed by atoms with Gasteiger partial charge in [-0.2, -0.15) is 0 Å². The lowest BCUT2D eigenvalue weighted by Crippen LogP contribution is -2.27. The first-order chi connectivity index (χ1) is 7.93. The van der Waals surface area contributed by atoms with Crippen molar-refractivity contribution in [1.29, 1.82) is 0 Å². The fourth-order valence-electron chi connectivity index (χ4n) is 2.67. The SMILES string of the molecule is c1nc2c(c(NC3CCCC3)n1)CCNC2. The summed E-state index contributed by atoms with van der Waals surface area (Å²) in [7, 11) is 0. The van der Waals surface area contributed by atoms with Gasteiger partial charge >= 0.3 is 0 Å². The molecule has 4 nitrogen and oxygen atoms in total. The Hall–Kier alpha value is -1.16. The average molecular weight is 218 g/mol. The van der Waals surface area contributed by atoms with Crippen LogP contribution in [0, 0.1) is 0 Å². The molecular formula is C12H18N4. The lowest BCUT2D eigenvalue weighted by atomic mass is 10.1. The summed E-state index contributed by atoms with van der Waals surface area (Å²) in [6.07, 6.45) is 8.02. The second kappa shape index (κ2) is 4.37. The van der Waals surface area contributed by atoms with E-state index in [0.717, 1.165) is 25.3 Å². The Morgan fingerprint density at radius 1 is 1.25 bits per heavy atom. The number of nitrogens with zero attached hydrogens (tertiary/aromatic N) is 2. The Balaban J connectivity index is 1.82. The number of aromatic nitrogens is 2. The molecule has 0 saturated heterocycles. The van der Waals surface area contributed by atoms with Gasteiger partial charge in [-0.25, -0.2) is 9.97 Å². The zero-order valence-electron chi connectivity index (χ0n) is 9.50. The summed E-state index contributed by atoms with van der Waals surface area (Å²) < 4.78 is 0. The number of nitrogens with one attached hydrogen (secondary N) is 2. The van der Waals surface area contributed by atoms with Crippen LogP contribution in [0.4, 0.5) is 5.82 Å². The molecule has 1 aliphatic carbocycles. The second-order valence-electron chi connectivity index (χ2n) is 4.70. The van der Waals surface area contributed by atoms with Crippen molar-refractivity contribution in [3.63, 3.8) is 0 Å². The number of rotatable bonds is 2. The van der Waals surface area contributed by atoms with Gasteiger partial charge in [-0.1, -0.05) is 12.8 Å². The first-order valence-corrected chi connectivity index (χ1v) is 6.23. The van der Waals surface area contributed by atoms with Crippen molar-refractivity contribution >= 4 is 5.82 Å². The third-order valence-electron chi connectivity index (χ3n) is 3.57. The molecule has 86 valence electrons. The summed E-state index contributed by atoms with van der Waals surface area (Å²) in [6.45, 7) is 1.93. The molecule has 0 spiro atoms. The van der Waals surface area contributed by atoms with Crippen molar-refractivity contribution in [1.82, 2.24) is 15.3 Å². The standard InChI is InChI=1S/C12H18N4/c1-2-4-9(3-1)16-12-10-5-6-13-7-11(10)14-8-15-12/h8-9,13H,1-7H2,(H,14,15,16). The third kappa shape index (κ3) is 1.89. The van der Waals surface area contributed by atoms with Crippen molar-refractivity contribution in [3.05, 3.63) is 17.6 Å². The second-order valence-corrected chi connectivity index (χ2v) is 4.70. The largest absolute Gasteiger partial charge is 0.367 e. The predicted molar refractivity (Wildman–Crippen MR) is 63.3 cm³/mol. The van der Waals surface area contributed by atoms with Crippen LogP contribution in [0.15, 0.2) is 6.33 Å². The maximum Gasteiger partial charge on any atom is 0.133 e. The highest BCUT2D eigenvalue weighted by Crippen LogP contribution is 2.25. The molecule has 2 aliphatic rings. The number of hydrogen-bond acceptors (Lipinski definition) is 4. The minimum absolute atomic E-state index is 0.633. The number of anilines is 1. The normalized spacial score (nSPS) is 20.8. The maximum absolute atomic E-state index is 4.41. The molecule has 1 aliphatic heterocycles. The molecule has 16 heavy (non-hydrogen) atoms. The monoisotopic (exact) mass is 218 g/mol. The molecule has 4 heteroatoms. The van der Waals surface area contributed by atoms with Crippen molar-refractivity contribution in [2.45, 2.75) is 44.7 Å². The van der Waals surface area contributed by atoms with E-state index in [1.807, 2.05) is 0 Å². The first-order valence-electron chi connectivity index (χ1n) is 6.23. The van der Waals surface area contributed by atoms with E-state index in [1.54, 1.807) is 6.33 Å².